The van der Waals surface area contributed by atoms with Crippen molar-refractivity contribution in [2.45, 2.75) is 13.8 Å². The summed E-state index contributed by atoms with van der Waals surface area (Å²) in [7, 11) is 0. The first-order valence-electron chi connectivity index (χ1n) is 6.42. The summed E-state index contributed by atoms with van der Waals surface area (Å²) in [6, 6.07) is 7.05. The number of benzene rings is 1. The lowest BCUT2D eigenvalue weighted by molar-refractivity contribution is 0.447. The van der Waals surface area contributed by atoms with Crippen molar-refractivity contribution in [3.8, 4) is 0 Å². The Hall–Kier alpha value is -1.09. The molecule has 0 amide bonds. The molecule has 1 saturated heterocycles. The zero-order valence-corrected chi connectivity index (χ0v) is 10.6. The predicted molar refractivity (Wildman–Crippen MR) is 69.8 cm³/mol. The number of nitrogens with zero attached hydrogens (tertiary/aromatic N) is 1. The molecule has 1 aliphatic rings. The first-order valence-corrected chi connectivity index (χ1v) is 6.42. The van der Waals surface area contributed by atoms with Crippen LogP contribution < -0.4 is 10.2 Å². The summed E-state index contributed by atoms with van der Waals surface area (Å²) in [5.74, 6) is 1.18. The SMILES string of the molecule is CCN(C[C@@H]1CNC[C@H]1C)c1ccccc1F. The molecule has 17 heavy (non-hydrogen) atoms. The van der Waals surface area contributed by atoms with E-state index in [1.54, 1.807) is 6.07 Å². The molecular formula is C14H21FN2. The largest absolute Gasteiger partial charge is 0.369 e. The number of rotatable bonds is 4. The number of nitrogens with one attached hydrogen (secondary N) is 1. The Morgan fingerprint density at radius 1 is 1.35 bits per heavy atom. The predicted octanol–water partition coefficient (Wildman–Crippen LogP) is 2.51. The number of hydrogen-bond acceptors (Lipinski definition) is 2. The van der Waals surface area contributed by atoms with E-state index >= 15 is 0 Å². The molecule has 0 radical (unpaired) electrons. The fourth-order valence-electron chi connectivity index (χ4n) is 2.50. The number of para-hydroxylation sites is 1. The van der Waals surface area contributed by atoms with Crippen LogP contribution in [0.25, 0.3) is 0 Å². The molecule has 0 aliphatic carbocycles. The Labute approximate surface area is 103 Å². The molecule has 1 heterocycles. The van der Waals surface area contributed by atoms with Crippen LogP contribution in [0.1, 0.15) is 13.8 Å². The van der Waals surface area contributed by atoms with Gasteiger partial charge in [-0.05, 0) is 44.0 Å². The number of anilines is 1. The Kier molecular flexibility index (Phi) is 4.00. The molecule has 0 bridgehead atoms. The van der Waals surface area contributed by atoms with Crippen LogP contribution in [-0.4, -0.2) is 26.2 Å². The lowest BCUT2D eigenvalue weighted by Crippen LogP contribution is -2.32. The van der Waals surface area contributed by atoms with Crippen molar-refractivity contribution >= 4 is 5.69 Å². The van der Waals surface area contributed by atoms with Gasteiger partial charge in [-0.2, -0.15) is 0 Å². The van der Waals surface area contributed by atoms with Crippen molar-refractivity contribution in [3.63, 3.8) is 0 Å². The molecular weight excluding hydrogens is 215 g/mol. The molecule has 0 saturated carbocycles. The summed E-state index contributed by atoms with van der Waals surface area (Å²) in [5.41, 5.74) is 0.731. The van der Waals surface area contributed by atoms with Crippen molar-refractivity contribution in [3.05, 3.63) is 30.1 Å². The first-order chi connectivity index (χ1) is 8.22. The average Bonchev–Trinajstić information content (AvgIpc) is 2.73. The molecule has 1 N–H and O–H groups in total. The number of halogens is 1. The van der Waals surface area contributed by atoms with Crippen molar-refractivity contribution in [1.29, 1.82) is 0 Å². The van der Waals surface area contributed by atoms with Crippen LogP contribution >= 0.6 is 0 Å². The minimum atomic E-state index is -0.118. The maximum Gasteiger partial charge on any atom is 0.146 e. The van der Waals surface area contributed by atoms with E-state index in [0.717, 1.165) is 31.9 Å². The van der Waals surface area contributed by atoms with Gasteiger partial charge in [-0.3, -0.25) is 0 Å². The van der Waals surface area contributed by atoms with Crippen molar-refractivity contribution in [1.82, 2.24) is 5.32 Å². The highest BCUT2D eigenvalue weighted by Crippen LogP contribution is 2.23. The van der Waals surface area contributed by atoms with Gasteiger partial charge < -0.3 is 10.2 Å². The molecule has 1 aromatic rings. The molecule has 2 nitrogen and oxygen atoms in total. The summed E-state index contributed by atoms with van der Waals surface area (Å²) in [4.78, 5) is 2.14. The lowest BCUT2D eigenvalue weighted by atomic mass is 9.97. The minimum absolute atomic E-state index is 0.118. The first kappa shape index (κ1) is 12.4. The third-order valence-corrected chi connectivity index (χ3v) is 3.71. The molecule has 94 valence electrons. The van der Waals surface area contributed by atoms with Crippen LogP contribution in [0.2, 0.25) is 0 Å². The molecule has 0 unspecified atom stereocenters. The lowest BCUT2D eigenvalue weighted by Gasteiger charge is -2.28. The van der Waals surface area contributed by atoms with E-state index in [4.69, 9.17) is 0 Å². The second-order valence-corrected chi connectivity index (χ2v) is 4.89. The van der Waals surface area contributed by atoms with Gasteiger partial charge in [0.05, 0.1) is 5.69 Å². The normalized spacial score (nSPS) is 23.9. The van der Waals surface area contributed by atoms with Gasteiger partial charge in [-0.1, -0.05) is 19.1 Å². The Morgan fingerprint density at radius 2 is 2.12 bits per heavy atom. The van der Waals surface area contributed by atoms with Crippen LogP contribution in [0.15, 0.2) is 24.3 Å². The maximum atomic E-state index is 13.7. The van der Waals surface area contributed by atoms with Crippen molar-refractivity contribution in [2.24, 2.45) is 11.8 Å². The van der Waals surface area contributed by atoms with Gasteiger partial charge in [0.1, 0.15) is 5.82 Å². The van der Waals surface area contributed by atoms with E-state index in [0.29, 0.717) is 11.8 Å². The van der Waals surface area contributed by atoms with Crippen LogP contribution in [0, 0.1) is 17.7 Å². The Bertz CT molecular complexity index is 367. The van der Waals surface area contributed by atoms with E-state index in [1.807, 2.05) is 12.1 Å². The fraction of sp³-hybridized carbons (Fsp3) is 0.571. The summed E-state index contributed by atoms with van der Waals surface area (Å²) >= 11 is 0. The topological polar surface area (TPSA) is 15.3 Å². The fourth-order valence-corrected chi connectivity index (χ4v) is 2.50. The summed E-state index contributed by atoms with van der Waals surface area (Å²) in [5, 5.41) is 3.40. The highest BCUT2D eigenvalue weighted by atomic mass is 19.1. The van der Waals surface area contributed by atoms with E-state index in [-0.39, 0.29) is 5.82 Å². The average molecular weight is 236 g/mol. The zero-order chi connectivity index (χ0) is 12.3. The highest BCUT2D eigenvalue weighted by Gasteiger charge is 2.25. The van der Waals surface area contributed by atoms with Crippen LogP contribution in [0.5, 0.6) is 0 Å². The molecule has 1 aliphatic heterocycles. The standard InChI is InChI=1S/C14H21FN2/c1-3-17(10-12-9-16-8-11(12)2)14-7-5-4-6-13(14)15/h4-7,11-12,16H,3,8-10H2,1-2H3/t11-,12+/m1/s1. The van der Waals surface area contributed by atoms with Gasteiger partial charge >= 0.3 is 0 Å². The molecule has 0 aromatic heterocycles. The van der Waals surface area contributed by atoms with Crippen molar-refractivity contribution in [2.75, 3.05) is 31.1 Å². The summed E-state index contributed by atoms with van der Waals surface area (Å²) < 4.78 is 13.7. The monoisotopic (exact) mass is 236 g/mol. The van der Waals surface area contributed by atoms with E-state index in [1.165, 1.54) is 6.07 Å². The van der Waals surface area contributed by atoms with E-state index in [2.05, 4.69) is 24.1 Å². The smallest absolute Gasteiger partial charge is 0.146 e. The molecule has 3 heteroatoms. The van der Waals surface area contributed by atoms with E-state index < -0.39 is 0 Å². The van der Waals surface area contributed by atoms with Gasteiger partial charge in [0.15, 0.2) is 0 Å². The number of hydrogen-bond donors (Lipinski definition) is 1. The van der Waals surface area contributed by atoms with E-state index in [9.17, 15) is 4.39 Å². The summed E-state index contributed by atoms with van der Waals surface area (Å²) in [6.45, 7) is 8.26. The maximum absolute atomic E-state index is 13.7. The Balaban J connectivity index is 2.09. The second kappa shape index (κ2) is 5.50. The Morgan fingerprint density at radius 3 is 2.71 bits per heavy atom. The van der Waals surface area contributed by atoms with Crippen LogP contribution in [-0.2, 0) is 0 Å². The molecule has 1 fully saturated rings. The van der Waals surface area contributed by atoms with Gasteiger partial charge in [0.25, 0.3) is 0 Å². The quantitative estimate of drug-likeness (QED) is 0.864. The second-order valence-electron chi connectivity index (χ2n) is 4.89. The van der Waals surface area contributed by atoms with Gasteiger partial charge in [0, 0.05) is 13.1 Å². The molecule has 2 rings (SSSR count). The molecule has 0 spiro atoms. The van der Waals surface area contributed by atoms with Crippen molar-refractivity contribution < 1.29 is 4.39 Å². The molecule has 2 atom stereocenters. The third-order valence-electron chi connectivity index (χ3n) is 3.71. The minimum Gasteiger partial charge on any atom is -0.369 e. The van der Waals surface area contributed by atoms with Gasteiger partial charge in [-0.15, -0.1) is 0 Å². The van der Waals surface area contributed by atoms with Gasteiger partial charge in [0.2, 0.25) is 0 Å². The summed E-state index contributed by atoms with van der Waals surface area (Å²) in [6.07, 6.45) is 0. The van der Waals surface area contributed by atoms with Crippen LogP contribution in [0.4, 0.5) is 10.1 Å². The van der Waals surface area contributed by atoms with Crippen LogP contribution in [0.3, 0.4) is 0 Å². The van der Waals surface area contributed by atoms with Gasteiger partial charge in [-0.25, -0.2) is 4.39 Å². The zero-order valence-electron chi connectivity index (χ0n) is 10.6. The third kappa shape index (κ3) is 2.78. The molecule has 1 aromatic carbocycles. The highest BCUT2D eigenvalue weighted by molar-refractivity contribution is 5.47.